The van der Waals surface area contributed by atoms with Crippen LogP contribution in [0.4, 0.5) is 5.69 Å². The summed E-state index contributed by atoms with van der Waals surface area (Å²) in [6.07, 6.45) is 5.03. The van der Waals surface area contributed by atoms with Crippen molar-refractivity contribution >= 4 is 23.6 Å². The van der Waals surface area contributed by atoms with Crippen molar-refractivity contribution in [3.8, 4) is 0 Å². The summed E-state index contributed by atoms with van der Waals surface area (Å²) in [4.78, 5) is 22.6. The van der Waals surface area contributed by atoms with Gasteiger partial charge >= 0.3 is 5.97 Å². The van der Waals surface area contributed by atoms with Gasteiger partial charge in [0.25, 0.3) is 5.91 Å². The minimum atomic E-state index is -0.985. The number of amides is 1. The number of ether oxygens (including phenoxy) is 1. The van der Waals surface area contributed by atoms with Gasteiger partial charge in [-0.3, -0.25) is 4.79 Å². The van der Waals surface area contributed by atoms with Crippen LogP contribution in [0.25, 0.3) is 6.08 Å². The Morgan fingerprint density at radius 3 is 2.81 bits per heavy atom. The molecule has 1 amide bonds. The lowest BCUT2D eigenvalue weighted by Crippen LogP contribution is -2.33. The Morgan fingerprint density at radius 2 is 2.19 bits per heavy atom. The number of carboxylic acids is 1. The molecule has 1 fully saturated rings. The van der Waals surface area contributed by atoms with E-state index in [1.165, 1.54) is 6.08 Å². The molecule has 2 rings (SSSR count). The Morgan fingerprint density at radius 1 is 1.38 bits per heavy atom. The maximum Gasteiger partial charge on any atom is 0.328 e. The predicted molar refractivity (Wildman–Crippen MR) is 80.1 cm³/mol. The molecule has 5 nitrogen and oxygen atoms in total. The molecule has 1 atom stereocenters. The number of benzene rings is 1. The fourth-order valence-electron chi connectivity index (χ4n) is 2.27. The number of rotatable bonds is 4. The first-order valence-corrected chi connectivity index (χ1v) is 7.00. The molecular weight excluding hydrogens is 270 g/mol. The highest BCUT2D eigenvalue weighted by Gasteiger charge is 2.21. The van der Waals surface area contributed by atoms with E-state index in [2.05, 4.69) is 5.32 Å². The van der Waals surface area contributed by atoms with Crippen molar-refractivity contribution in [2.45, 2.75) is 32.3 Å². The van der Waals surface area contributed by atoms with E-state index in [0.29, 0.717) is 12.3 Å². The molecule has 1 unspecified atom stereocenters. The number of aryl methyl sites for hydroxylation is 1. The van der Waals surface area contributed by atoms with Gasteiger partial charge in [0.1, 0.15) is 6.10 Å². The maximum absolute atomic E-state index is 12.1. The Balaban J connectivity index is 2.02. The minimum absolute atomic E-state index is 0.122. The lowest BCUT2D eigenvalue weighted by Gasteiger charge is -2.21. The van der Waals surface area contributed by atoms with Gasteiger partial charge in [-0.15, -0.1) is 0 Å². The van der Waals surface area contributed by atoms with Crippen LogP contribution in [0.2, 0.25) is 0 Å². The first-order valence-electron chi connectivity index (χ1n) is 7.00. The zero-order valence-electron chi connectivity index (χ0n) is 12.0. The Kier molecular flexibility index (Phi) is 5.11. The molecule has 1 saturated heterocycles. The molecule has 2 N–H and O–H groups in total. The van der Waals surface area contributed by atoms with E-state index >= 15 is 0 Å². The predicted octanol–water partition coefficient (Wildman–Crippen LogP) is 2.60. The zero-order valence-corrected chi connectivity index (χ0v) is 12.0. The fraction of sp³-hybridized carbons (Fsp3) is 0.375. The van der Waals surface area contributed by atoms with E-state index in [4.69, 9.17) is 9.84 Å². The molecule has 1 aromatic rings. The number of carbonyl (C=O) groups is 2. The highest BCUT2D eigenvalue weighted by atomic mass is 16.5. The van der Waals surface area contributed by atoms with Crippen molar-refractivity contribution in [1.29, 1.82) is 0 Å². The molecule has 5 heteroatoms. The van der Waals surface area contributed by atoms with Crippen LogP contribution in [0.1, 0.15) is 30.4 Å². The first kappa shape index (κ1) is 15.3. The molecule has 21 heavy (non-hydrogen) atoms. The van der Waals surface area contributed by atoms with Crippen molar-refractivity contribution in [3.05, 3.63) is 35.4 Å². The molecule has 0 saturated carbocycles. The van der Waals surface area contributed by atoms with Crippen LogP contribution in [0, 0.1) is 6.92 Å². The van der Waals surface area contributed by atoms with Crippen molar-refractivity contribution < 1.29 is 19.4 Å². The van der Waals surface area contributed by atoms with Gasteiger partial charge in [0, 0.05) is 18.4 Å². The number of hydrogen-bond donors (Lipinski definition) is 2. The largest absolute Gasteiger partial charge is 0.478 e. The second kappa shape index (κ2) is 7.04. The van der Waals surface area contributed by atoms with E-state index < -0.39 is 5.97 Å². The summed E-state index contributed by atoms with van der Waals surface area (Å²) < 4.78 is 5.44. The lowest BCUT2D eigenvalue weighted by molar-refractivity contribution is -0.131. The molecule has 1 heterocycles. The van der Waals surface area contributed by atoms with E-state index in [-0.39, 0.29) is 12.0 Å². The average molecular weight is 289 g/mol. The SMILES string of the molecule is Cc1cc(NC(=O)C2CCCCO2)ccc1C=CC(=O)O. The third-order valence-corrected chi connectivity index (χ3v) is 3.41. The van der Waals surface area contributed by atoms with E-state index in [0.717, 1.165) is 36.5 Å². The summed E-state index contributed by atoms with van der Waals surface area (Å²) in [6.45, 7) is 2.50. The van der Waals surface area contributed by atoms with Crippen molar-refractivity contribution in [1.82, 2.24) is 0 Å². The third kappa shape index (κ3) is 4.43. The van der Waals surface area contributed by atoms with Crippen LogP contribution in [0.15, 0.2) is 24.3 Å². The topological polar surface area (TPSA) is 75.6 Å². The summed E-state index contributed by atoms with van der Waals surface area (Å²) in [7, 11) is 0. The number of carboxylic acid groups (broad SMARTS) is 1. The van der Waals surface area contributed by atoms with Crippen LogP contribution in [0.5, 0.6) is 0 Å². The minimum Gasteiger partial charge on any atom is -0.478 e. The van der Waals surface area contributed by atoms with E-state index in [9.17, 15) is 9.59 Å². The molecule has 0 aromatic heterocycles. The second-order valence-electron chi connectivity index (χ2n) is 5.09. The standard InChI is InChI=1S/C16H19NO4/c1-11-10-13(7-5-12(11)6-8-15(18)19)17-16(20)14-4-2-3-9-21-14/h5-8,10,14H,2-4,9H2,1H3,(H,17,20)(H,18,19). The third-order valence-electron chi connectivity index (χ3n) is 3.41. The summed E-state index contributed by atoms with van der Waals surface area (Å²) in [6, 6.07) is 5.36. The Labute approximate surface area is 123 Å². The molecule has 0 aliphatic carbocycles. The smallest absolute Gasteiger partial charge is 0.328 e. The van der Waals surface area contributed by atoms with Gasteiger partial charge in [-0.05, 0) is 55.5 Å². The fourth-order valence-corrected chi connectivity index (χ4v) is 2.27. The molecule has 0 bridgehead atoms. The molecule has 0 radical (unpaired) electrons. The lowest BCUT2D eigenvalue weighted by atomic mass is 10.1. The van der Waals surface area contributed by atoms with Crippen LogP contribution in [0.3, 0.4) is 0 Å². The second-order valence-corrected chi connectivity index (χ2v) is 5.09. The summed E-state index contributed by atoms with van der Waals surface area (Å²) in [5, 5.41) is 11.5. The van der Waals surface area contributed by atoms with Gasteiger partial charge in [-0.1, -0.05) is 6.07 Å². The van der Waals surface area contributed by atoms with Crippen LogP contribution >= 0.6 is 0 Å². The van der Waals surface area contributed by atoms with Gasteiger partial charge in [0.15, 0.2) is 0 Å². The van der Waals surface area contributed by atoms with Crippen LogP contribution in [-0.2, 0) is 14.3 Å². The number of carbonyl (C=O) groups excluding carboxylic acids is 1. The summed E-state index contributed by atoms with van der Waals surface area (Å²) >= 11 is 0. The maximum atomic E-state index is 12.1. The average Bonchev–Trinajstić information content (AvgIpc) is 2.47. The quantitative estimate of drug-likeness (QED) is 0.835. The Bertz CT molecular complexity index is 559. The normalized spacial score (nSPS) is 18.6. The molecule has 1 aromatic carbocycles. The highest BCUT2D eigenvalue weighted by Crippen LogP contribution is 2.19. The van der Waals surface area contributed by atoms with Gasteiger partial charge < -0.3 is 15.2 Å². The van der Waals surface area contributed by atoms with Crippen LogP contribution < -0.4 is 5.32 Å². The van der Waals surface area contributed by atoms with Gasteiger partial charge in [-0.25, -0.2) is 4.79 Å². The number of anilines is 1. The van der Waals surface area contributed by atoms with Gasteiger partial charge in [-0.2, -0.15) is 0 Å². The number of nitrogens with one attached hydrogen (secondary N) is 1. The van der Waals surface area contributed by atoms with E-state index in [1.807, 2.05) is 13.0 Å². The summed E-state index contributed by atoms with van der Waals surface area (Å²) in [5.74, 6) is -1.11. The van der Waals surface area contributed by atoms with Crippen LogP contribution in [-0.4, -0.2) is 29.7 Å². The van der Waals surface area contributed by atoms with Crippen molar-refractivity contribution in [2.75, 3.05) is 11.9 Å². The molecule has 1 aliphatic heterocycles. The van der Waals surface area contributed by atoms with Gasteiger partial charge in [0.05, 0.1) is 0 Å². The molecule has 1 aliphatic rings. The Hall–Kier alpha value is -2.14. The molecule has 112 valence electrons. The molecular formula is C16H19NO4. The van der Waals surface area contributed by atoms with Crippen molar-refractivity contribution in [3.63, 3.8) is 0 Å². The number of aliphatic carboxylic acids is 1. The van der Waals surface area contributed by atoms with E-state index in [1.54, 1.807) is 12.1 Å². The highest BCUT2D eigenvalue weighted by molar-refractivity contribution is 5.94. The monoisotopic (exact) mass is 289 g/mol. The number of hydrogen-bond acceptors (Lipinski definition) is 3. The zero-order chi connectivity index (χ0) is 15.2. The molecule has 0 spiro atoms. The first-order chi connectivity index (χ1) is 10.1. The summed E-state index contributed by atoms with van der Waals surface area (Å²) in [5.41, 5.74) is 2.40. The van der Waals surface area contributed by atoms with Gasteiger partial charge in [0.2, 0.25) is 0 Å². The van der Waals surface area contributed by atoms with Crippen molar-refractivity contribution in [2.24, 2.45) is 0 Å².